The number of hydrogen-bond acceptors (Lipinski definition) is 7. The van der Waals surface area contributed by atoms with Crippen molar-refractivity contribution in [2.24, 2.45) is 0 Å². The van der Waals surface area contributed by atoms with E-state index >= 15 is 0 Å². The third-order valence-electron chi connectivity index (χ3n) is 5.34. The summed E-state index contributed by atoms with van der Waals surface area (Å²) in [5.41, 5.74) is 1.85. The van der Waals surface area contributed by atoms with Crippen LogP contribution >= 0.6 is 11.8 Å². The average molecular weight is 489 g/mol. The number of nitrogens with zero attached hydrogens (tertiary/aromatic N) is 3. The molecule has 2 amide bonds. The Bertz CT molecular complexity index is 1340. The highest BCUT2D eigenvalue weighted by Gasteiger charge is 2.41. The lowest BCUT2D eigenvalue weighted by atomic mass is 10.1. The second kappa shape index (κ2) is 10.3. The quantitative estimate of drug-likeness (QED) is 0.228. The summed E-state index contributed by atoms with van der Waals surface area (Å²) in [5, 5.41) is 23.2. The molecule has 0 unspecified atom stereocenters. The van der Waals surface area contributed by atoms with Gasteiger partial charge in [-0.25, -0.2) is 0 Å². The fourth-order valence-electron chi connectivity index (χ4n) is 3.60. The zero-order valence-corrected chi connectivity index (χ0v) is 19.5. The Morgan fingerprint density at radius 2 is 2.00 bits per heavy atom. The number of nitrogens with one attached hydrogen (secondary N) is 1. The van der Waals surface area contributed by atoms with Gasteiger partial charge in [-0.2, -0.15) is 5.26 Å². The lowest BCUT2D eigenvalue weighted by Crippen LogP contribution is -2.32. The van der Waals surface area contributed by atoms with Gasteiger partial charge in [-0.3, -0.25) is 24.6 Å². The molecule has 1 saturated heterocycles. The summed E-state index contributed by atoms with van der Waals surface area (Å²) in [6, 6.07) is 18.6. The topological polar surface area (TPSA) is 129 Å². The first-order valence-corrected chi connectivity index (χ1v) is 11.5. The maximum atomic E-state index is 13.5. The van der Waals surface area contributed by atoms with E-state index in [9.17, 15) is 25.0 Å². The number of non-ortho nitro benzene ring substituents is 1. The SMILES string of the molecule is Cc1ccc(N2C(=O)[C@@H](Cc3cccc([N+](=O)[O-])c3)S/C2=C(\C#N)C(=O)NCc2ccco2)cc1. The van der Waals surface area contributed by atoms with Crippen molar-refractivity contribution in [1.82, 2.24) is 5.32 Å². The molecule has 1 aliphatic heterocycles. The summed E-state index contributed by atoms with van der Waals surface area (Å²) in [7, 11) is 0. The number of aryl methyl sites for hydroxylation is 1. The standard InChI is InChI=1S/C25H20N4O5S/c1-16-7-9-18(10-8-16)28-24(31)22(13-17-4-2-5-19(12-17)29(32)33)35-25(28)21(14-26)23(30)27-15-20-6-3-11-34-20/h2-12,22H,13,15H2,1H3,(H,27,30)/b25-21+/t22-/m1/s1. The molecule has 2 aromatic carbocycles. The summed E-state index contributed by atoms with van der Waals surface area (Å²) >= 11 is 1.10. The summed E-state index contributed by atoms with van der Waals surface area (Å²) in [5.74, 6) is -0.422. The Kier molecular flexibility index (Phi) is 6.98. The van der Waals surface area contributed by atoms with Crippen molar-refractivity contribution in [2.45, 2.75) is 25.1 Å². The summed E-state index contributed by atoms with van der Waals surface area (Å²) < 4.78 is 5.22. The van der Waals surface area contributed by atoms with E-state index in [2.05, 4.69) is 5.32 Å². The summed E-state index contributed by atoms with van der Waals surface area (Å²) in [6.45, 7) is 2.00. The fraction of sp³-hybridized carbons (Fsp3) is 0.160. The number of carbonyl (C=O) groups excluding carboxylic acids is 2. The highest BCUT2D eigenvalue weighted by Crippen LogP contribution is 2.42. The van der Waals surface area contributed by atoms with E-state index in [-0.39, 0.29) is 35.2 Å². The number of thioether (sulfide) groups is 1. The van der Waals surface area contributed by atoms with Crippen LogP contribution in [-0.4, -0.2) is 22.0 Å². The van der Waals surface area contributed by atoms with Crippen molar-refractivity contribution in [3.8, 4) is 6.07 Å². The molecule has 0 saturated carbocycles. The zero-order chi connectivity index (χ0) is 24.9. The van der Waals surface area contributed by atoms with Crippen LogP contribution in [0.5, 0.6) is 0 Å². The van der Waals surface area contributed by atoms with E-state index in [1.165, 1.54) is 23.3 Å². The van der Waals surface area contributed by atoms with Gasteiger partial charge in [0.25, 0.3) is 11.6 Å². The van der Waals surface area contributed by atoms with Crippen LogP contribution in [0.4, 0.5) is 11.4 Å². The minimum atomic E-state index is -0.672. The number of rotatable bonds is 7. The van der Waals surface area contributed by atoms with Crippen molar-refractivity contribution in [1.29, 1.82) is 5.26 Å². The highest BCUT2D eigenvalue weighted by molar-refractivity contribution is 8.05. The molecule has 0 spiro atoms. The number of benzene rings is 2. The van der Waals surface area contributed by atoms with E-state index in [1.54, 1.807) is 36.4 Å². The smallest absolute Gasteiger partial charge is 0.269 e. The average Bonchev–Trinajstić information content (AvgIpc) is 3.48. The number of hydrogen-bond donors (Lipinski definition) is 1. The minimum absolute atomic E-state index is 0.0703. The molecule has 1 N–H and O–H groups in total. The van der Waals surface area contributed by atoms with Gasteiger partial charge >= 0.3 is 0 Å². The lowest BCUT2D eigenvalue weighted by molar-refractivity contribution is -0.384. The first kappa shape index (κ1) is 23.8. The summed E-state index contributed by atoms with van der Waals surface area (Å²) in [4.78, 5) is 38.4. The first-order chi connectivity index (χ1) is 16.9. The number of amides is 2. The Morgan fingerprint density at radius 3 is 2.66 bits per heavy atom. The van der Waals surface area contributed by atoms with E-state index < -0.39 is 16.1 Å². The fourth-order valence-corrected chi connectivity index (χ4v) is 4.90. The molecule has 1 aliphatic rings. The zero-order valence-electron chi connectivity index (χ0n) is 18.6. The van der Waals surface area contributed by atoms with Crippen molar-refractivity contribution in [2.75, 3.05) is 4.90 Å². The van der Waals surface area contributed by atoms with Crippen LogP contribution < -0.4 is 10.2 Å². The first-order valence-electron chi connectivity index (χ1n) is 10.6. The van der Waals surface area contributed by atoms with Crippen LogP contribution in [0.2, 0.25) is 0 Å². The van der Waals surface area contributed by atoms with Gasteiger partial charge < -0.3 is 9.73 Å². The Balaban J connectivity index is 1.68. The molecular weight excluding hydrogens is 468 g/mol. The third-order valence-corrected chi connectivity index (χ3v) is 6.61. The normalized spacial score (nSPS) is 16.6. The molecule has 176 valence electrons. The number of nitro benzene ring substituents is 1. The monoisotopic (exact) mass is 488 g/mol. The van der Waals surface area contributed by atoms with Gasteiger partial charge in [0, 0.05) is 17.8 Å². The third kappa shape index (κ3) is 5.26. The van der Waals surface area contributed by atoms with Crippen LogP contribution in [-0.2, 0) is 22.6 Å². The van der Waals surface area contributed by atoms with Crippen LogP contribution in [0.3, 0.4) is 0 Å². The molecule has 1 atom stereocenters. The van der Waals surface area contributed by atoms with Crippen LogP contribution in [0.25, 0.3) is 0 Å². The van der Waals surface area contributed by atoms with E-state index in [4.69, 9.17) is 4.42 Å². The molecule has 1 fully saturated rings. The van der Waals surface area contributed by atoms with Gasteiger partial charge in [-0.1, -0.05) is 41.6 Å². The van der Waals surface area contributed by atoms with E-state index in [0.717, 1.165) is 17.3 Å². The Hall–Kier alpha value is -4.36. The maximum absolute atomic E-state index is 13.5. The summed E-state index contributed by atoms with van der Waals surface area (Å²) in [6.07, 6.45) is 1.68. The van der Waals surface area contributed by atoms with Gasteiger partial charge in [0.2, 0.25) is 5.91 Å². The molecule has 35 heavy (non-hydrogen) atoms. The predicted molar refractivity (Wildman–Crippen MR) is 130 cm³/mol. The largest absolute Gasteiger partial charge is 0.467 e. The molecule has 0 radical (unpaired) electrons. The lowest BCUT2D eigenvalue weighted by Gasteiger charge is -2.19. The van der Waals surface area contributed by atoms with E-state index in [1.807, 2.05) is 25.1 Å². The highest BCUT2D eigenvalue weighted by atomic mass is 32.2. The molecule has 3 aromatic rings. The van der Waals surface area contributed by atoms with Crippen LogP contribution in [0.15, 0.2) is 81.9 Å². The molecular formula is C25H20N4O5S. The molecule has 10 heteroatoms. The molecule has 9 nitrogen and oxygen atoms in total. The van der Waals surface area contributed by atoms with E-state index in [0.29, 0.717) is 17.0 Å². The van der Waals surface area contributed by atoms with Gasteiger partial charge in [-0.05, 0) is 43.2 Å². The predicted octanol–water partition coefficient (Wildman–Crippen LogP) is 4.24. The number of nitriles is 1. The number of carbonyl (C=O) groups is 2. The van der Waals surface area contributed by atoms with Crippen molar-refractivity contribution < 1.29 is 18.9 Å². The van der Waals surface area contributed by atoms with Crippen LogP contribution in [0.1, 0.15) is 16.9 Å². The molecule has 0 bridgehead atoms. The van der Waals surface area contributed by atoms with Crippen molar-refractivity contribution in [3.63, 3.8) is 0 Å². The Labute approximate surface area is 205 Å². The van der Waals surface area contributed by atoms with Gasteiger partial charge in [-0.15, -0.1) is 0 Å². The molecule has 1 aromatic heterocycles. The number of nitro groups is 1. The second-order valence-electron chi connectivity index (χ2n) is 7.80. The second-order valence-corrected chi connectivity index (χ2v) is 8.99. The maximum Gasteiger partial charge on any atom is 0.269 e. The van der Waals surface area contributed by atoms with Crippen molar-refractivity contribution in [3.05, 3.63) is 105 Å². The number of anilines is 1. The van der Waals surface area contributed by atoms with Gasteiger partial charge in [0.05, 0.1) is 23.0 Å². The number of furan rings is 1. The van der Waals surface area contributed by atoms with Crippen molar-refractivity contribution >= 4 is 35.0 Å². The molecule has 2 heterocycles. The van der Waals surface area contributed by atoms with Gasteiger partial charge in [0.1, 0.15) is 22.4 Å². The molecule has 4 rings (SSSR count). The Morgan fingerprint density at radius 1 is 1.23 bits per heavy atom. The van der Waals surface area contributed by atoms with Gasteiger partial charge in [0.15, 0.2) is 0 Å². The molecule has 0 aliphatic carbocycles. The van der Waals surface area contributed by atoms with Crippen LogP contribution in [0, 0.1) is 28.4 Å². The minimum Gasteiger partial charge on any atom is -0.467 e.